The van der Waals surface area contributed by atoms with Gasteiger partial charge in [0.2, 0.25) is 0 Å². The van der Waals surface area contributed by atoms with Crippen molar-refractivity contribution >= 4 is 17.3 Å². The van der Waals surface area contributed by atoms with E-state index in [-0.39, 0.29) is 0 Å². The summed E-state index contributed by atoms with van der Waals surface area (Å²) in [6.07, 6.45) is 2.70. The number of hydrogen-bond donors (Lipinski definition) is 1. The monoisotopic (exact) mass is 295 g/mol. The predicted molar refractivity (Wildman–Crippen MR) is 87.9 cm³/mol. The molecule has 1 aliphatic rings. The van der Waals surface area contributed by atoms with E-state index in [9.17, 15) is 0 Å². The first-order valence-corrected chi connectivity index (χ1v) is 7.90. The predicted octanol–water partition coefficient (Wildman–Crippen LogP) is 3.15. The minimum Gasteiger partial charge on any atom is -0.372 e. The number of likely N-dealkylation sites (N-methyl/N-ethyl adjacent to an activating group) is 1. The molecule has 0 saturated carbocycles. The van der Waals surface area contributed by atoms with Crippen molar-refractivity contribution < 1.29 is 0 Å². The number of rotatable bonds is 6. The molecule has 0 aliphatic carbocycles. The molecule has 0 aromatic heterocycles. The average molecular weight is 296 g/mol. The fourth-order valence-corrected chi connectivity index (χ4v) is 3.02. The van der Waals surface area contributed by atoms with Crippen molar-refractivity contribution in [3.63, 3.8) is 0 Å². The van der Waals surface area contributed by atoms with Crippen LogP contribution in [-0.4, -0.2) is 45.2 Å². The van der Waals surface area contributed by atoms with Gasteiger partial charge in [0.1, 0.15) is 0 Å². The highest BCUT2D eigenvalue weighted by molar-refractivity contribution is 6.33. The zero-order valence-electron chi connectivity index (χ0n) is 12.8. The summed E-state index contributed by atoms with van der Waals surface area (Å²) in [5.41, 5.74) is 2.35. The average Bonchev–Trinajstić information content (AvgIpc) is 2.97. The molecule has 0 amide bonds. The maximum atomic E-state index is 6.44. The Balaban J connectivity index is 1.96. The lowest BCUT2D eigenvalue weighted by Crippen LogP contribution is -2.31. The van der Waals surface area contributed by atoms with Crippen LogP contribution >= 0.6 is 11.6 Å². The van der Waals surface area contributed by atoms with Gasteiger partial charge >= 0.3 is 0 Å². The third-order valence-corrected chi connectivity index (χ3v) is 4.57. The van der Waals surface area contributed by atoms with Crippen molar-refractivity contribution in [2.75, 3.05) is 45.2 Å². The Morgan fingerprint density at radius 2 is 2.05 bits per heavy atom. The molecule has 1 aromatic rings. The van der Waals surface area contributed by atoms with Gasteiger partial charge in [-0.25, -0.2) is 0 Å². The minimum atomic E-state index is 0.330. The Bertz CT molecular complexity index is 430. The van der Waals surface area contributed by atoms with Crippen LogP contribution in [0.5, 0.6) is 0 Å². The summed E-state index contributed by atoms with van der Waals surface area (Å²) in [6, 6.07) is 6.70. The number of halogens is 1. The summed E-state index contributed by atoms with van der Waals surface area (Å²) in [5.74, 6) is 0. The number of nitrogens with one attached hydrogen (secondary N) is 1. The molecule has 1 atom stereocenters. The number of likely N-dealkylation sites (tertiary alicyclic amines) is 1. The zero-order chi connectivity index (χ0) is 14.5. The van der Waals surface area contributed by atoms with Crippen LogP contribution in [0.4, 0.5) is 5.69 Å². The van der Waals surface area contributed by atoms with Crippen LogP contribution in [-0.2, 0) is 0 Å². The van der Waals surface area contributed by atoms with Gasteiger partial charge in [-0.2, -0.15) is 0 Å². The van der Waals surface area contributed by atoms with Gasteiger partial charge in [0.05, 0.1) is 10.7 Å². The molecule has 1 unspecified atom stereocenters. The fraction of sp³-hybridized carbons (Fsp3) is 0.625. The van der Waals surface area contributed by atoms with E-state index in [0.29, 0.717) is 6.04 Å². The van der Waals surface area contributed by atoms with Gasteiger partial charge in [-0.05, 0) is 57.6 Å². The first kappa shape index (κ1) is 15.6. The Morgan fingerprint density at radius 3 is 2.65 bits per heavy atom. The van der Waals surface area contributed by atoms with Crippen molar-refractivity contribution in [1.29, 1.82) is 0 Å². The van der Waals surface area contributed by atoms with Crippen LogP contribution in [0.2, 0.25) is 5.02 Å². The van der Waals surface area contributed by atoms with E-state index in [1.54, 1.807) is 0 Å². The number of hydrogen-bond acceptors (Lipinski definition) is 3. The molecule has 1 heterocycles. The van der Waals surface area contributed by atoms with Gasteiger partial charge in [0.15, 0.2) is 0 Å². The molecule has 3 nitrogen and oxygen atoms in total. The quantitative estimate of drug-likeness (QED) is 0.870. The van der Waals surface area contributed by atoms with Crippen LogP contribution in [0, 0.1) is 0 Å². The highest BCUT2D eigenvalue weighted by Gasteiger charge is 2.14. The van der Waals surface area contributed by atoms with Crippen molar-refractivity contribution in [2.24, 2.45) is 0 Å². The van der Waals surface area contributed by atoms with Crippen LogP contribution in [0.15, 0.2) is 18.2 Å². The lowest BCUT2D eigenvalue weighted by atomic mass is 10.1. The van der Waals surface area contributed by atoms with Crippen LogP contribution in [0.25, 0.3) is 0 Å². The van der Waals surface area contributed by atoms with E-state index >= 15 is 0 Å². The largest absolute Gasteiger partial charge is 0.372 e. The summed E-state index contributed by atoms with van der Waals surface area (Å²) >= 11 is 6.44. The van der Waals surface area contributed by atoms with Crippen LogP contribution < -0.4 is 10.2 Å². The Hall–Kier alpha value is -0.770. The summed E-state index contributed by atoms with van der Waals surface area (Å²) < 4.78 is 0. The van der Waals surface area contributed by atoms with Gasteiger partial charge in [-0.1, -0.05) is 17.7 Å². The second-order valence-corrected chi connectivity index (χ2v) is 6.10. The molecule has 0 radical (unpaired) electrons. The zero-order valence-corrected chi connectivity index (χ0v) is 13.6. The highest BCUT2D eigenvalue weighted by Crippen LogP contribution is 2.28. The van der Waals surface area contributed by atoms with Crippen molar-refractivity contribution in [3.8, 4) is 0 Å². The summed E-state index contributed by atoms with van der Waals surface area (Å²) in [5, 5.41) is 4.08. The molecule has 2 rings (SSSR count). The molecule has 1 fully saturated rings. The maximum absolute atomic E-state index is 6.44. The van der Waals surface area contributed by atoms with E-state index in [0.717, 1.165) is 23.8 Å². The molecule has 1 N–H and O–H groups in total. The molecule has 112 valence electrons. The maximum Gasteiger partial charge on any atom is 0.0642 e. The molecule has 1 saturated heterocycles. The Kier molecular flexibility index (Phi) is 5.70. The first-order valence-electron chi connectivity index (χ1n) is 7.52. The number of benzene rings is 1. The van der Waals surface area contributed by atoms with Gasteiger partial charge in [-0.15, -0.1) is 0 Å². The topological polar surface area (TPSA) is 18.5 Å². The van der Waals surface area contributed by atoms with Gasteiger partial charge in [0.25, 0.3) is 0 Å². The van der Waals surface area contributed by atoms with E-state index in [1.807, 2.05) is 7.05 Å². The van der Waals surface area contributed by atoms with Crippen molar-refractivity contribution in [1.82, 2.24) is 10.2 Å². The fourth-order valence-electron chi connectivity index (χ4n) is 2.69. The van der Waals surface area contributed by atoms with E-state index < -0.39 is 0 Å². The molecule has 0 bridgehead atoms. The van der Waals surface area contributed by atoms with Gasteiger partial charge in [0, 0.05) is 26.2 Å². The summed E-state index contributed by atoms with van der Waals surface area (Å²) in [4.78, 5) is 4.79. The minimum absolute atomic E-state index is 0.330. The smallest absolute Gasteiger partial charge is 0.0642 e. The normalized spacial score (nSPS) is 17.4. The standard InChI is InChI=1S/C16H26ClN3/c1-13(18-2)14-6-7-16(15(17)12-14)19(3)10-11-20-8-4-5-9-20/h6-7,12-13,18H,4-5,8-11H2,1-3H3. The number of anilines is 1. The third-order valence-electron chi connectivity index (χ3n) is 4.27. The van der Waals surface area contributed by atoms with Crippen molar-refractivity contribution in [2.45, 2.75) is 25.8 Å². The van der Waals surface area contributed by atoms with E-state index in [4.69, 9.17) is 11.6 Å². The van der Waals surface area contributed by atoms with Crippen LogP contribution in [0.1, 0.15) is 31.4 Å². The van der Waals surface area contributed by atoms with Gasteiger partial charge < -0.3 is 15.1 Å². The highest BCUT2D eigenvalue weighted by atomic mass is 35.5. The lowest BCUT2D eigenvalue weighted by Gasteiger charge is -2.24. The molecular weight excluding hydrogens is 270 g/mol. The summed E-state index contributed by atoms with van der Waals surface area (Å²) in [7, 11) is 4.09. The van der Waals surface area contributed by atoms with E-state index in [2.05, 4.69) is 47.3 Å². The molecule has 0 spiro atoms. The lowest BCUT2D eigenvalue weighted by molar-refractivity contribution is 0.346. The second kappa shape index (κ2) is 7.30. The SMILES string of the molecule is CNC(C)c1ccc(N(C)CCN2CCCC2)c(Cl)c1. The second-order valence-electron chi connectivity index (χ2n) is 5.69. The Labute approximate surface area is 127 Å². The number of nitrogens with zero attached hydrogens (tertiary/aromatic N) is 2. The molecule has 1 aromatic carbocycles. The van der Waals surface area contributed by atoms with Crippen molar-refractivity contribution in [3.05, 3.63) is 28.8 Å². The Morgan fingerprint density at radius 1 is 1.35 bits per heavy atom. The van der Waals surface area contributed by atoms with Crippen LogP contribution in [0.3, 0.4) is 0 Å². The van der Waals surface area contributed by atoms with Gasteiger partial charge in [-0.3, -0.25) is 0 Å². The molecule has 4 heteroatoms. The molecule has 20 heavy (non-hydrogen) atoms. The third kappa shape index (κ3) is 3.87. The molecular formula is C16H26ClN3. The first-order chi connectivity index (χ1) is 9.61. The molecule has 1 aliphatic heterocycles. The summed E-state index contributed by atoms with van der Waals surface area (Å²) in [6.45, 7) is 6.80. The van der Waals surface area contributed by atoms with E-state index in [1.165, 1.54) is 31.5 Å².